The summed E-state index contributed by atoms with van der Waals surface area (Å²) in [5.41, 5.74) is 5.80. The zero-order valence-corrected chi connectivity index (χ0v) is 17.2. The second kappa shape index (κ2) is 8.56. The van der Waals surface area contributed by atoms with Gasteiger partial charge in [0.05, 0.1) is 7.11 Å². The third-order valence-corrected chi connectivity index (χ3v) is 5.71. The van der Waals surface area contributed by atoms with Crippen LogP contribution >= 0.6 is 12.4 Å². The first-order chi connectivity index (χ1) is 11.6. The number of amides is 1. The fourth-order valence-corrected chi connectivity index (χ4v) is 4.00. The summed E-state index contributed by atoms with van der Waals surface area (Å²) >= 11 is 0. The van der Waals surface area contributed by atoms with Crippen molar-refractivity contribution in [3.63, 3.8) is 0 Å². The van der Waals surface area contributed by atoms with Crippen molar-refractivity contribution < 1.29 is 17.9 Å². The molecule has 0 saturated heterocycles. The molecule has 0 atom stereocenters. The number of rotatable bonds is 8. The topological polar surface area (TPSA) is 102 Å². The summed E-state index contributed by atoms with van der Waals surface area (Å²) in [4.78, 5) is 14.2. The molecular weight excluding hydrogens is 378 g/mol. The van der Waals surface area contributed by atoms with Gasteiger partial charge in [0.15, 0.2) is 0 Å². The predicted molar refractivity (Wildman–Crippen MR) is 103 cm³/mol. The van der Waals surface area contributed by atoms with Gasteiger partial charge in [-0.25, -0.2) is 13.1 Å². The van der Waals surface area contributed by atoms with Gasteiger partial charge in [0.1, 0.15) is 10.6 Å². The fourth-order valence-electron chi connectivity index (χ4n) is 2.50. The van der Waals surface area contributed by atoms with Crippen molar-refractivity contribution in [1.29, 1.82) is 0 Å². The van der Waals surface area contributed by atoms with E-state index in [1.807, 2.05) is 13.8 Å². The van der Waals surface area contributed by atoms with E-state index >= 15 is 0 Å². The second-order valence-corrected chi connectivity index (χ2v) is 8.97. The number of hydrogen-bond acceptors (Lipinski definition) is 5. The Hall–Kier alpha value is -1.35. The Balaban J connectivity index is 0.00000338. The van der Waals surface area contributed by atoms with Crippen molar-refractivity contribution >= 4 is 28.3 Å². The van der Waals surface area contributed by atoms with E-state index in [1.54, 1.807) is 18.0 Å². The molecule has 0 unspecified atom stereocenters. The average molecular weight is 406 g/mol. The molecule has 1 aromatic carbocycles. The van der Waals surface area contributed by atoms with Gasteiger partial charge in [-0.2, -0.15) is 0 Å². The Morgan fingerprint density at radius 3 is 2.50 bits per heavy atom. The molecule has 9 heteroatoms. The Bertz CT molecular complexity index is 748. The minimum Gasteiger partial charge on any atom is -0.495 e. The second-order valence-electron chi connectivity index (χ2n) is 7.29. The van der Waals surface area contributed by atoms with Gasteiger partial charge in [-0.3, -0.25) is 4.79 Å². The molecule has 0 heterocycles. The number of carbonyl (C=O) groups excluding carboxylic acids is 1. The van der Waals surface area contributed by atoms with Crippen LogP contribution in [0.3, 0.4) is 0 Å². The molecule has 1 aliphatic rings. The highest BCUT2D eigenvalue weighted by Crippen LogP contribution is 2.29. The summed E-state index contributed by atoms with van der Waals surface area (Å²) in [5.74, 6) is -0.0401. The van der Waals surface area contributed by atoms with E-state index < -0.39 is 10.0 Å². The molecule has 148 valence electrons. The lowest BCUT2D eigenvalue weighted by atomic mass is 9.93. The van der Waals surface area contributed by atoms with Gasteiger partial charge in [0.2, 0.25) is 10.0 Å². The van der Waals surface area contributed by atoms with Crippen LogP contribution in [0.1, 0.15) is 37.0 Å². The molecule has 2 rings (SSSR count). The molecule has 1 saturated carbocycles. The van der Waals surface area contributed by atoms with Crippen LogP contribution in [0.5, 0.6) is 5.75 Å². The highest BCUT2D eigenvalue weighted by Gasteiger charge is 2.31. The van der Waals surface area contributed by atoms with E-state index in [9.17, 15) is 13.2 Å². The number of nitrogens with one attached hydrogen (secondary N) is 1. The first-order valence-electron chi connectivity index (χ1n) is 8.25. The molecular formula is C17H28ClN3O4S. The molecule has 0 radical (unpaired) electrons. The average Bonchev–Trinajstić information content (AvgIpc) is 3.36. The zero-order chi connectivity index (χ0) is 18.8. The van der Waals surface area contributed by atoms with Crippen LogP contribution < -0.4 is 15.2 Å². The summed E-state index contributed by atoms with van der Waals surface area (Å²) < 4.78 is 32.9. The number of hydrogen-bond donors (Lipinski definition) is 2. The fraction of sp³-hybridized carbons (Fsp3) is 0.588. The molecule has 7 nitrogen and oxygen atoms in total. The van der Waals surface area contributed by atoms with Crippen molar-refractivity contribution in [2.75, 3.05) is 27.2 Å². The minimum absolute atomic E-state index is 0. The van der Waals surface area contributed by atoms with Gasteiger partial charge in [0, 0.05) is 25.2 Å². The van der Waals surface area contributed by atoms with Crippen molar-refractivity contribution in [3.05, 3.63) is 23.8 Å². The van der Waals surface area contributed by atoms with Gasteiger partial charge in [-0.1, -0.05) is 13.8 Å². The van der Waals surface area contributed by atoms with E-state index in [4.69, 9.17) is 10.5 Å². The standard InChI is InChI=1S/C17H27N3O4S.ClH/c1-17(2,10-18)11-20(3)16(21)12-5-8-14(24-4)15(9-12)25(22,23)19-13-6-7-13;/h5,8-9,13,19H,6-7,10-11,18H2,1-4H3;1H. The molecule has 1 fully saturated rings. The van der Waals surface area contributed by atoms with Crippen molar-refractivity contribution in [1.82, 2.24) is 9.62 Å². The van der Waals surface area contributed by atoms with Gasteiger partial charge in [-0.15, -0.1) is 12.4 Å². The number of halogens is 1. The predicted octanol–water partition coefficient (Wildman–Crippen LogP) is 1.61. The third-order valence-electron chi connectivity index (χ3n) is 4.16. The number of ether oxygens (including phenoxy) is 1. The Morgan fingerprint density at radius 1 is 1.38 bits per heavy atom. The van der Waals surface area contributed by atoms with Crippen LogP contribution in [-0.4, -0.2) is 52.5 Å². The van der Waals surface area contributed by atoms with Crippen LogP contribution in [0.2, 0.25) is 0 Å². The van der Waals surface area contributed by atoms with E-state index in [0.717, 1.165) is 12.8 Å². The van der Waals surface area contributed by atoms with Crippen molar-refractivity contribution in [3.8, 4) is 5.75 Å². The van der Waals surface area contributed by atoms with Gasteiger partial charge in [0.25, 0.3) is 5.91 Å². The Labute approximate surface area is 161 Å². The minimum atomic E-state index is -3.73. The van der Waals surface area contributed by atoms with Gasteiger partial charge in [-0.05, 0) is 43.0 Å². The molecule has 0 aromatic heterocycles. The monoisotopic (exact) mass is 405 g/mol. The van der Waals surface area contributed by atoms with Gasteiger partial charge >= 0.3 is 0 Å². The molecule has 0 spiro atoms. The lowest BCUT2D eigenvalue weighted by molar-refractivity contribution is 0.0740. The summed E-state index contributed by atoms with van der Waals surface area (Å²) in [7, 11) is -0.640. The molecule has 1 amide bonds. The lowest BCUT2D eigenvalue weighted by Gasteiger charge is -2.29. The molecule has 26 heavy (non-hydrogen) atoms. The first kappa shape index (κ1) is 22.7. The van der Waals surface area contributed by atoms with Crippen LogP contribution in [0.25, 0.3) is 0 Å². The maximum atomic E-state index is 12.7. The number of sulfonamides is 1. The van der Waals surface area contributed by atoms with Crippen LogP contribution in [0, 0.1) is 5.41 Å². The van der Waals surface area contributed by atoms with Crippen LogP contribution in [0.15, 0.2) is 23.1 Å². The molecule has 1 aromatic rings. The largest absolute Gasteiger partial charge is 0.495 e. The number of nitrogens with zero attached hydrogens (tertiary/aromatic N) is 1. The first-order valence-corrected chi connectivity index (χ1v) is 9.74. The maximum absolute atomic E-state index is 12.7. The van der Waals surface area contributed by atoms with Crippen LogP contribution in [-0.2, 0) is 10.0 Å². The van der Waals surface area contributed by atoms with Gasteiger partial charge < -0.3 is 15.4 Å². The maximum Gasteiger partial charge on any atom is 0.253 e. The number of carbonyl (C=O) groups is 1. The Morgan fingerprint density at radius 2 is 2.00 bits per heavy atom. The quantitative estimate of drug-likeness (QED) is 0.684. The third kappa shape index (κ3) is 5.57. The smallest absolute Gasteiger partial charge is 0.253 e. The molecule has 0 bridgehead atoms. The highest BCUT2D eigenvalue weighted by molar-refractivity contribution is 7.89. The van der Waals surface area contributed by atoms with Crippen molar-refractivity contribution in [2.24, 2.45) is 11.1 Å². The molecule has 1 aliphatic carbocycles. The summed E-state index contributed by atoms with van der Waals surface area (Å²) in [5, 5.41) is 0. The number of benzene rings is 1. The van der Waals surface area contributed by atoms with E-state index in [0.29, 0.717) is 18.7 Å². The molecule has 0 aliphatic heterocycles. The summed E-state index contributed by atoms with van der Waals surface area (Å²) in [6.45, 7) is 4.86. The van der Waals surface area contributed by atoms with E-state index in [-0.39, 0.29) is 40.4 Å². The molecule has 3 N–H and O–H groups in total. The SMILES string of the molecule is COc1ccc(C(=O)N(C)CC(C)(C)CN)cc1S(=O)(=O)NC1CC1.Cl. The normalized spacial score (nSPS) is 14.5. The number of methoxy groups -OCH3 is 1. The highest BCUT2D eigenvalue weighted by atomic mass is 35.5. The van der Waals surface area contributed by atoms with Crippen molar-refractivity contribution in [2.45, 2.75) is 37.6 Å². The summed E-state index contributed by atoms with van der Waals surface area (Å²) in [6.07, 6.45) is 1.66. The number of nitrogens with two attached hydrogens (primary N) is 1. The zero-order valence-electron chi connectivity index (χ0n) is 15.6. The summed E-state index contributed by atoms with van der Waals surface area (Å²) in [6, 6.07) is 4.43. The van der Waals surface area contributed by atoms with E-state index in [2.05, 4.69) is 4.72 Å². The van der Waals surface area contributed by atoms with Crippen LogP contribution in [0.4, 0.5) is 0 Å². The lowest BCUT2D eigenvalue weighted by Crippen LogP contribution is -2.39. The Kier molecular flexibility index (Phi) is 7.47. The van der Waals surface area contributed by atoms with E-state index in [1.165, 1.54) is 19.2 Å².